The Hall–Kier alpha value is -2.97. The summed E-state index contributed by atoms with van der Waals surface area (Å²) in [6, 6.07) is 13.4. The number of carbonyl (C=O) groups excluding carboxylic acids is 1. The van der Waals surface area contributed by atoms with Crippen LogP contribution in [-0.2, 0) is 10.0 Å². The first-order valence-corrected chi connectivity index (χ1v) is 10.7. The smallest absolute Gasteiger partial charge is 0.257 e. The van der Waals surface area contributed by atoms with E-state index in [0.29, 0.717) is 22.7 Å². The van der Waals surface area contributed by atoms with Crippen molar-refractivity contribution < 1.29 is 17.9 Å². The quantitative estimate of drug-likeness (QED) is 0.649. The summed E-state index contributed by atoms with van der Waals surface area (Å²) in [5.41, 5.74) is 2.30. The maximum atomic E-state index is 12.7. The molecule has 1 aromatic heterocycles. The standard InChI is InChI=1S/C21H21N3O4S/c1-13-19(11-14-3-8-17(28-2)12-20(14)22-13)21(25)23-15-6-9-18(10-7-15)29(26,27)24-16-4-5-16/h3,6-12,16,24H,4-5H2,1-2H3,(H,23,25). The van der Waals surface area contributed by atoms with E-state index in [0.717, 1.165) is 23.7 Å². The number of fused-ring (bicyclic) bond motifs is 1. The molecular weight excluding hydrogens is 390 g/mol. The van der Waals surface area contributed by atoms with Crippen LogP contribution in [0.2, 0.25) is 0 Å². The highest BCUT2D eigenvalue weighted by Gasteiger charge is 2.27. The molecule has 8 heteroatoms. The van der Waals surface area contributed by atoms with Gasteiger partial charge in [-0.1, -0.05) is 0 Å². The number of anilines is 1. The molecule has 1 saturated carbocycles. The third-order valence-corrected chi connectivity index (χ3v) is 6.32. The summed E-state index contributed by atoms with van der Waals surface area (Å²) in [6.07, 6.45) is 1.75. The van der Waals surface area contributed by atoms with Gasteiger partial charge in [0.2, 0.25) is 10.0 Å². The van der Waals surface area contributed by atoms with Gasteiger partial charge >= 0.3 is 0 Å². The first-order valence-electron chi connectivity index (χ1n) is 9.25. The first-order chi connectivity index (χ1) is 13.9. The van der Waals surface area contributed by atoms with Crippen molar-refractivity contribution in [1.82, 2.24) is 9.71 Å². The van der Waals surface area contributed by atoms with Gasteiger partial charge in [-0.25, -0.2) is 13.1 Å². The van der Waals surface area contributed by atoms with E-state index in [4.69, 9.17) is 4.74 Å². The average molecular weight is 411 g/mol. The normalized spacial score (nSPS) is 14.0. The van der Waals surface area contributed by atoms with E-state index in [9.17, 15) is 13.2 Å². The molecule has 0 saturated heterocycles. The number of hydrogen-bond acceptors (Lipinski definition) is 5. The van der Waals surface area contributed by atoms with Crippen LogP contribution in [0.1, 0.15) is 28.9 Å². The van der Waals surface area contributed by atoms with Crippen molar-refractivity contribution in [3.8, 4) is 5.75 Å². The number of ether oxygens (including phenoxy) is 1. The molecule has 1 fully saturated rings. The summed E-state index contributed by atoms with van der Waals surface area (Å²) in [5, 5.41) is 3.63. The van der Waals surface area contributed by atoms with Gasteiger partial charge in [0.25, 0.3) is 5.91 Å². The van der Waals surface area contributed by atoms with Crippen LogP contribution in [0.4, 0.5) is 5.69 Å². The fraction of sp³-hybridized carbons (Fsp3) is 0.238. The minimum atomic E-state index is -3.51. The molecule has 2 N–H and O–H groups in total. The van der Waals surface area contributed by atoms with Crippen LogP contribution in [-0.4, -0.2) is 32.5 Å². The van der Waals surface area contributed by atoms with Crippen molar-refractivity contribution in [3.05, 3.63) is 59.8 Å². The third kappa shape index (κ3) is 4.23. The number of rotatable bonds is 6. The molecule has 3 aromatic rings. The summed E-state index contributed by atoms with van der Waals surface area (Å²) in [7, 11) is -1.92. The molecule has 1 heterocycles. The maximum Gasteiger partial charge on any atom is 0.257 e. The number of nitrogens with one attached hydrogen (secondary N) is 2. The molecule has 0 unspecified atom stereocenters. The minimum absolute atomic E-state index is 0.0442. The number of benzene rings is 2. The van der Waals surface area contributed by atoms with E-state index in [1.165, 1.54) is 12.1 Å². The van der Waals surface area contributed by atoms with E-state index in [2.05, 4.69) is 15.0 Å². The highest BCUT2D eigenvalue weighted by Crippen LogP contribution is 2.24. The van der Waals surface area contributed by atoms with Crippen LogP contribution in [0.3, 0.4) is 0 Å². The Morgan fingerprint density at radius 2 is 1.83 bits per heavy atom. The number of methoxy groups -OCH3 is 1. The zero-order chi connectivity index (χ0) is 20.6. The van der Waals surface area contributed by atoms with E-state index in [-0.39, 0.29) is 16.8 Å². The summed E-state index contributed by atoms with van der Waals surface area (Å²) in [4.78, 5) is 17.4. The van der Waals surface area contributed by atoms with E-state index < -0.39 is 10.0 Å². The molecular formula is C21H21N3O4S. The molecule has 0 atom stereocenters. The summed E-state index contributed by atoms with van der Waals surface area (Å²) in [5.74, 6) is 0.396. The van der Waals surface area contributed by atoms with Crippen LogP contribution in [0.5, 0.6) is 5.75 Å². The van der Waals surface area contributed by atoms with Crippen molar-refractivity contribution in [2.75, 3.05) is 12.4 Å². The number of aromatic nitrogens is 1. The second-order valence-electron chi connectivity index (χ2n) is 7.05. The van der Waals surface area contributed by atoms with Gasteiger partial charge in [0, 0.05) is 23.2 Å². The highest BCUT2D eigenvalue weighted by molar-refractivity contribution is 7.89. The van der Waals surface area contributed by atoms with Crippen LogP contribution >= 0.6 is 0 Å². The molecule has 150 valence electrons. The first kappa shape index (κ1) is 19.4. The van der Waals surface area contributed by atoms with E-state index in [1.807, 2.05) is 18.2 Å². The Morgan fingerprint density at radius 1 is 1.10 bits per heavy atom. The fourth-order valence-corrected chi connectivity index (χ4v) is 4.31. The van der Waals surface area contributed by atoms with Crippen LogP contribution in [0, 0.1) is 6.92 Å². The van der Waals surface area contributed by atoms with Gasteiger partial charge in [0.15, 0.2) is 0 Å². The molecule has 1 amide bonds. The lowest BCUT2D eigenvalue weighted by molar-refractivity contribution is 0.102. The molecule has 29 heavy (non-hydrogen) atoms. The molecule has 0 spiro atoms. The van der Waals surface area contributed by atoms with Crippen LogP contribution in [0.25, 0.3) is 10.9 Å². The largest absolute Gasteiger partial charge is 0.497 e. The topological polar surface area (TPSA) is 97.4 Å². The molecule has 1 aliphatic carbocycles. The number of sulfonamides is 1. The number of aryl methyl sites for hydroxylation is 1. The minimum Gasteiger partial charge on any atom is -0.497 e. The third-order valence-electron chi connectivity index (χ3n) is 4.78. The second kappa shape index (κ2) is 7.46. The van der Waals surface area contributed by atoms with Crippen LogP contribution in [0.15, 0.2) is 53.4 Å². The average Bonchev–Trinajstić information content (AvgIpc) is 3.50. The Kier molecular flexibility index (Phi) is 4.97. The number of hydrogen-bond donors (Lipinski definition) is 2. The predicted molar refractivity (Wildman–Crippen MR) is 111 cm³/mol. The second-order valence-corrected chi connectivity index (χ2v) is 8.77. The van der Waals surface area contributed by atoms with Crippen molar-refractivity contribution in [2.45, 2.75) is 30.7 Å². The van der Waals surface area contributed by atoms with Crippen molar-refractivity contribution in [1.29, 1.82) is 0 Å². The van der Waals surface area contributed by atoms with Gasteiger partial charge in [-0.3, -0.25) is 9.78 Å². The zero-order valence-electron chi connectivity index (χ0n) is 16.1. The Morgan fingerprint density at radius 3 is 2.48 bits per heavy atom. The number of amides is 1. The molecule has 0 aliphatic heterocycles. The lowest BCUT2D eigenvalue weighted by Gasteiger charge is -2.10. The molecule has 0 bridgehead atoms. The van der Waals surface area contributed by atoms with Gasteiger partial charge in [-0.05, 0) is 62.2 Å². The summed E-state index contributed by atoms with van der Waals surface area (Å²) < 4.78 is 32.3. The fourth-order valence-electron chi connectivity index (χ4n) is 3.00. The summed E-state index contributed by atoms with van der Waals surface area (Å²) >= 11 is 0. The van der Waals surface area contributed by atoms with E-state index >= 15 is 0 Å². The van der Waals surface area contributed by atoms with Crippen molar-refractivity contribution >= 4 is 32.5 Å². The molecule has 2 aromatic carbocycles. The highest BCUT2D eigenvalue weighted by atomic mass is 32.2. The van der Waals surface area contributed by atoms with Crippen molar-refractivity contribution in [3.63, 3.8) is 0 Å². The number of pyridine rings is 1. The lowest BCUT2D eigenvalue weighted by Crippen LogP contribution is -2.25. The zero-order valence-corrected chi connectivity index (χ0v) is 16.9. The number of nitrogens with zero attached hydrogens (tertiary/aromatic N) is 1. The maximum absolute atomic E-state index is 12.7. The van der Waals surface area contributed by atoms with Gasteiger partial charge in [0.05, 0.1) is 28.8 Å². The van der Waals surface area contributed by atoms with Gasteiger partial charge < -0.3 is 10.1 Å². The summed E-state index contributed by atoms with van der Waals surface area (Å²) in [6.45, 7) is 1.77. The van der Waals surface area contributed by atoms with Gasteiger partial charge in [0.1, 0.15) is 5.75 Å². The van der Waals surface area contributed by atoms with Crippen LogP contribution < -0.4 is 14.8 Å². The molecule has 0 radical (unpaired) electrons. The Bertz CT molecular complexity index is 1190. The monoisotopic (exact) mass is 411 g/mol. The molecule has 1 aliphatic rings. The molecule has 4 rings (SSSR count). The van der Waals surface area contributed by atoms with Crippen molar-refractivity contribution in [2.24, 2.45) is 0 Å². The van der Waals surface area contributed by atoms with Gasteiger partial charge in [-0.2, -0.15) is 0 Å². The predicted octanol–water partition coefficient (Wildman–Crippen LogP) is 3.24. The number of carbonyl (C=O) groups is 1. The van der Waals surface area contributed by atoms with E-state index in [1.54, 1.807) is 32.2 Å². The SMILES string of the molecule is COc1ccc2cc(C(=O)Nc3ccc(S(=O)(=O)NC4CC4)cc3)c(C)nc2c1. The molecule has 7 nitrogen and oxygen atoms in total. The lowest BCUT2D eigenvalue weighted by atomic mass is 10.1. The Labute approximate surface area is 169 Å². The van der Waals surface area contributed by atoms with Gasteiger partial charge in [-0.15, -0.1) is 0 Å². The Balaban J connectivity index is 1.53.